The van der Waals surface area contributed by atoms with E-state index in [9.17, 15) is 9.59 Å². The average Bonchev–Trinajstić information content (AvgIpc) is 3.51. The number of anilines is 1. The topological polar surface area (TPSA) is 104 Å². The quantitative estimate of drug-likeness (QED) is 0.607. The second kappa shape index (κ2) is 10.1. The summed E-state index contributed by atoms with van der Waals surface area (Å²) in [7, 11) is 1.57. The molecule has 1 aromatic carbocycles. The molecular weight excluding hydrogens is 420 g/mol. The van der Waals surface area contributed by atoms with Crippen LogP contribution in [0.4, 0.5) is 5.82 Å². The number of thioether (sulfide) groups is 1. The van der Waals surface area contributed by atoms with Gasteiger partial charge in [0.15, 0.2) is 6.61 Å². The molecular formula is C21H26N4O5S. The van der Waals surface area contributed by atoms with Crippen LogP contribution in [-0.4, -0.2) is 54.6 Å². The van der Waals surface area contributed by atoms with Crippen LogP contribution in [0.25, 0.3) is 0 Å². The summed E-state index contributed by atoms with van der Waals surface area (Å²) in [6, 6.07) is 7.06. The Bertz CT molecular complexity index is 942. The van der Waals surface area contributed by atoms with Gasteiger partial charge in [-0.3, -0.25) is 9.59 Å². The van der Waals surface area contributed by atoms with Crippen LogP contribution in [0.2, 0.25) is 0 Å². The highest BCUT2D eigenvalue weighted by Gasteiger charge is 2.25. The molecule has 2 aromatic rings. The summed E-state index contributed by atoms with van der Waals surface area (Å²) >= 11 is 1.73. The number of nitrogens with zero attached hydrogens (tertiary/aromatic N) is 2. The predicted octanol–water partition coefficient (Wildman–Crippen LogP) is 1.95. The molecule has 0 spiro atoms. The van der Waals surface area contributed by atoms with Crippen LogP contribution >= 0.6 is 11.8 Å². The molecule has 9 nitrogen and oxygen atoms in total. The number of hydrogen-bond acceptors (Lipinski definition) is 7. The van der Waals surface area contributed by atoms with Crippen molar-refractivity contribution < 1.29 is 23.8 Å². The van der Waals surface area contributed by atoms with Gasteiger partial charge in [0.2, 0.25) is 5.91 Å². The lowest BCUT2D eigenvalue weighted by Crippen LogP contribution is -2.35. The van der Waals surface area contributed by atoms with Crippen molar-refractivity contribution in [1.29, 1.82) is 0 Å². The standard InChI is InChI=1S/C21H26N4O5S/c1-28-14-4-2-5-15(8-14)30-11-20(27)23-21-17-12-31-13-18(17)24-25(21)10-19(26)22-9-16-6-3-7-29-16/h2,4-5,8,16H,3,6-7,9-13H2,1H3,(H,22,26)(H,23,27). The van der Waals surface area contributed by atoms with Crippen molar-refractivity contribution in [2.45, 2.75) is 37.0 Å². The van der Waals surface area contributed by atoms with E-state index in [1.165, 1.54) is 0 Å². The Labute approximate surface area is 184 Å². The molecule has 31 heavy (non-hydrogen) atoms. The highest BCUT2D eigenvalue weighted by Crippen LogP contribution is 2.34. The van der Waals surface area contributed by atoms with Gasteiger partial charge in [-0.05, 0) is 25.0 Å². The zero-order valence-corrected chi connectivity index (χ0v) is 18.2. The van der Waals surface area contributed by atoms with Gasteiger partial charge in [0, 0.05) is 36.3 Å². The Kier molecular flexibility index (Phi) is 6.98. The van der Waals surface area contributed by atoms with Crippen LogP contribution in [0, 0.1) is 0 Å². The van der Waals surface area contributed by atoms with E-state index in [1.807, 2.05) is 0 Å². The first kappa shape index (κ1) is 21.5. The number of carbonyl (C=O) groups is 2. The van der Waals surface area contributed by atoms with Gasteiger partial charge in [-0.15, -0.1) is 0 Å². The molecule has 4 rings (SSSR count). The summed E-state index contributed by atoms with van der Waals surface area (Å²) < 4.78 is 17.8. The lowest BCUT2D eigenvalue weighted by atomic mass is 10.2. The molecule has 0 aliphatic carbocycles. The van der Waals surface area contributed by atoms with E-state index in [0.29, 0.717) is 23.9 Å². The third kappa shape index (κ3) is 5.50. The maximum absolute atomic E-state index is 12.5. The second-order valence-electron chi connectivity index (χ2n) is 7.38. The summed E-state index contributed by atoms with van der Waals surface area (Å²) in [5.41, 5.74) is 1.87. The Morgan fingerprint density at radius 1 is 1.29 bits per heavy atom. The van der Waals surface area contributed by atoms with Crippen molar-refractivity contribution in [2.24, 2.45) is 0 Å². The van der Waals surface area contributed by atoms with Gasteiger partial charge in [0.25, 0.3) is 5.91 Å². The number of aromatic nitrogens is 2. The molecule has 2 amide bonds. The first-order valence-electron chi connectivity index (χ1n) is 10.2. The normalized spacial score (nSPS) is 17.3. The highest BCUT2D eigenvalue weighted by molar-refractivity contribution is 7.98. The summed E-state index contributed by atoms with van der Waals surface area (Å²) in [6.07, 6.45) is 2.07. The van der Waals surface area contributed by atoms with E-state index in [1.54, 1.807) is 47.8 Å². The molecule has 2 aliphatic heterocycles. The molecule has 0 bridgehead atoms. The van der Waals surface area contributed by atoms with Gasteiger partial charge in [-0.1, -0.05) is 6.07 Å². The number of hydrogen-bond donors (Lipinski definition) is 2. The molecule has 1 unspecified atom stereocenters. The number of fused-ring (bicyclic) bond motifs is 1. The van der Waals surface area contributed by atoms with E-state index in [2.05, 4.69) is 15.7 Å². The Hall–Kier alpha value is -2.72. The fourth-order valence-electron chi connectivity index (χ4n) is 3.55. The molecule has 1 fully saturated rings. The minimum Gasteiger partial charge on any atom is -0.497 e. The zero-order valence-electron chi connectivity index (χ0n) is 17.4. The number of carbonyl (C=O) groups excluding carboxylic acids is 2. The molecule has 2 aliphatic rings. The van der Waals surface area contributed by atoms with Gasteiger partial charge in [-0.25, -0.2) is 4.68 Å². The van der Waals surface area contributed by atoms with Crippen LogP contribution in [0.15, 0.2) is 24.3 Å². The fraction of sp³-hybridized carbons (Fsp3) is 0.476. The number of ether oxygens (including phenoxy) is 3. The van der Waals surface area contributed by atoms with Crippen molar-refractivity contribution in [1.82, 2.24) is 15.1 Å². The van der Waals surface area contributed by atoms with Gasteiger partial charge >= 0.3 is 0 Å². The number of rotatable bonds is 9. The monoisotopic (exact) mass is 446 g/mol. The molecule has 1 atom stereocenters. The summed E-state index contributed by atoms with van der Waals surface area (Å²) in [4.78, 5) is 25.0. The van der Waals surface area contributed by atoms with E-state index in [0.717, 1.165) is 42.2 Å². The highest BCUT2D eigenvalue weighted by atomic mass is 32.2. The molecule has 3 heterocycles. The first-order chi connectivity index (χ1) is 15.1. The molecule has 2 N–H and O–H groups in total. The van der Waals surface area contributed by atoms with Gasteiger partial charge < -0.3 is 24.8 Å². The van der Waals surface area contributed by atoms with Crippen molar-refractivity contribution in [3.63, 3.8) is 0 Å². The van der Waals surface area contributed by atoms with Gasteiger partial charge in [0.05, 0.1) is 18.9 Å². The average molecular weight is 447 g/mol. The zero-order chi connectivity index (χ0) is 21.6. The summed E-state index contributed by atoms with van der Waals surface area (Å²) in [6.45, 7) is 1.12. The van der Waals surface area contributed by atoms with Crippen LogP contribution in [0.3, 0.4) is 0 Å². The fourth-order valence-corrected chi connectivity index (χ4v) is 4.59. The molecule has 166 valence electrons. The molecule has 1 saturated heterocycles. The molecule has 0 saturated carbocycles. The van der Waals surface area contributed by atoms with Crippen molar-refractivity contribution >= 4 is 29.4 Å². The van der Waals surface area contributed by atoms with E-state index in [-0.39, 0.29) is 31.1 Å². The lowest BCUT2D eigenvalue weighted by Gasteiger charge is -2.13. The smallest absolute Gasteiger partial charge is 0.263 e. The minimum absolute atomic E-state index is 0.0384. The Morgan fingerprint density at radius 3 is 2.97 bits per heavy atom. The summed E-state index contributed by atoms with van der Waals surface area (Å²) in [5.74, 6) is 2.79. The van der Waals surface area contributed by atoms with Crippen molar-refractivity contribution in [2.75, 3.05) is 32.2 Å². The third-order valence-electron chi connectivity index (χ3n) is 5.13. The number of amides is 2. The number of benzene rings is 1. The Morgan fingerprint density at radius 2 is 2.16 bits per heavy atom. The number of methoxy groups -OCH3 is 1. The van der Waals surface area contributed by atoms with Crippen molar-refractivity contribution in [3.05, 3.63) is 35.5 Å². The molecule has 1 aromatic heterocycles. The van der Waals surface area contributed by atoms with E-state index >= 15 is 0 Å². The van der Waals surface area contributed by atoms with Crippen LogP contribution in [0.1, 0.15) is 24.1 Å². The molecule has 0 radical (unpaired) electrons. The first-order valence-corrected chi connectivity index (χ1v) is 11.4. The maximum Gasteiger partial charge on any atom is 0.263 e. The maximum atomic E-state index is 12.5. The Balaban J connectivity index is 1.36. The van der Waals surface area contributed by atoms with E-state index in [4.69, 9.17) is 14.2 Å². The van der Waals surface area contributed by atoms with Crippen molar-refractivity contribution in [3.8, 4) is 11.5 Å². The summed E-state index contributed by atoms with van der Waals surface area (Å²) in [5, 5.41) is 10.3. The second-order valence-corrected chi connectivity index (χ2v) is 8.36. The third-order valence-corrected chi connectivity index (χ3v) is 6.10. The SMILES string of the molecule is COc1cccc(OCC(=O)Nc2c3c(nn2CC(=O)NCC2CCCO2)CSC3)c1. The van der Waals surface area contributed by atoms with Gasteiger partial charge in [-0.2, -0.15) is 16.9 Å². The molecule has 10 heteroatoms. The largest absolute Gasteiger partial charge is 0.497 e. The van der Waals surface area contributed by atoms with Gasteiger partial charge in [0.1, 0.15) is 23.9 Å². The minimum atomic E-state index is -0.316. The number of nitrogens with one attached hydrogen (secondary N) is 2. The van der Waals surface area contributed by atoms with Crippen LogP contribution in [-0.2, 0) is 32.4 Å². The predicted molar refractivity (Wildman–Crippen MR) is 116 cm³/mol. The van der Waals surface area contributed by atoms with Crippen LogP contribution < -0.4 is 20.1 Å². The van der Waals surface area contributed by atoms with E-state index < -0.39 is 0 Å². The lowest BCUT2D eigenvalue weighted by molar-refractivity contribution is -0.122. The van der Waals surface area contributed by atoms with Crippen LogP contribution in [0.5, 0.6) is 11.5 Å².